The molecule has 2 heterocycles. The van der Waals surface area contributed by atoms with E-state index in [2.05, 4.69) is 22.2 Å². The molecule has 1 aliphatic heterocycles. The molecule has 2 aromatic rings. The summed E-state index contributed by atoms with van der Waals surface area (Å²) >= 11 is 0. The van der Waals surface area contributed by atoms with E-state index in [1.807, 2.05) is 4.90 Å². The number of amides is 2. The zero-order valence-corrected chi connectivity index (χ0v) is 13.3. The van der Waals surface area contributed by atoms with Crippen LogP contribution in [0.5, 0.6) is 0 Å². The van der Waals surface area contributed by atoms with E-state index in [0.29, 0.717) is 24.4 Å². The van der Waals surface area contributed by atoms with E-state index in [4.69, 9.17) is 0 Å². The third kappa shape index (κ3) is 3.70. The number of piperidine rings is 1. The van der Waals surface area contributed by atoms with Gasteiger partial charge in [0.1, 0.15) is 0 Å². The molecule has 0 bridgehead atoms. The van der Waals surface area contributed by atoms with E-state index in [-0.39, 0.29) is 11.8 Å². The van der Waals surface area contributed by atoms with Gasteiger partial charge < -0.3 is 15.2 Å². The van der Waals surface area contributed by atoms with Crippen LogP contribution in [0.3, 0.4) is 0 Å². The molecule has 0 aliphatic carbocycles. The van der Waals surface area contributed by atoms with Crippen LogP contribution in [0.1, 0.15) is 36.5 Å². The predicted octanol–water partition coefficient (Wildman–Crippen LogP) is 1.94. The average Bonchev–Trinajstić information content (AvgIpc) is 3.02. The lowest BCUT2D eigenvalue weighted by molar-refractivity contribution is -0.132. The maximum atomic E-state index is 12.2. The second kappa shape index (κ2) is 6.81. The lowest BCUT2D eigenvalue weighted by atomic mass is 10.00. The number of nitrogens with zero attached hydrogens (tertiary/aromatic N) is 2. The Balaban J connectivity index is 1.49. The molecule has 1 aromatic heterocycles. The molecule has 23 heavy (non-hydrogen) atoms. The fourth-order valence-electron chi connectivity index (χ4n) is 3.04. The number of carbonyl (C=O) groups excluding carboxylic acids is 2. The molecule has 0 saturated carbocycles. The Labute approximate surface area is 135 Å². The molecular weight excluding hydrogens is 292 g/mol. The number of nitrogens with one attached hydrogen (secondary N) is 2. The molecule has 1 aromatic carbocycles. The van der Waals surface area contributed by atoms with Crippen molar-refractivity contribution in [1.29, 1.82) is 0 Å². The number of hydrogen-bond acceptors (Lipinski definition) is 3. The molecule has 1 saturated heterocycles. The number of benzene rings is 1. The number of aromatic amines is 1. The van der Waals surface area contributed by atoms with Gasteiger partial charge in [0.15, 0.2) is 0 Å². The van der Waals surface area contributed by atoms with Crippen molar-refractivity contribution < 1.29 is 9.59 Å². The van der Waals surface area contributed by atoms with E-state index in [9.17, 15) is 9.59 Å². The zero-order valence-electron chi connectivity index (χ0n) is 13.3. The first-order valence-electron chi connectivity index (χ1n) is 8.12. The van der Waals surface area contributed by atoms with Crippen LogP contribution in [-0.4, -0.2) is 46.3 Å². The molecule has 6 nitrogen and oxygen atoms in total. The third-order valence-electron chi connectivity index (χ3n) is 4.32. The molecule has 2 amide bonds. The van der Waals surface area contributed by atoms with Gasteiger partial charge in [-0.05, 0) is 37.0 Å². The van der Waals surface area contributed by atoms with Gasteiger partial charge in [-0.15, -0.1) is 0 Å². The second-order valence-electron chi connectivity index (χ2n) is 6.23. The average molecular weight is 314 g/mol. The van der Waals surface area contributed by atoms with Crippen molar-refractivity contribution in [1.82, 2.24) is 20.2 Å². The van der Waals surface area contributed by atoms with Crippen LogP contribution >= 0.6 is 0 Å². The highest BCUT2D eigenvalue weighted by Gasteiger charge is 2.20. The first-order chi connectivity index (χ1) is 11.1. The molecule has 122 valence electrons. The summed E-state index contributed by atoms with van der Waals surface area (Å²) in [5.74, 6) is 0.533. The summed E-state index contributed by atoms with van der Waals surface area (Å²) in [5.41, 5.74) is 2.23. The van der Waals surface area contributed by atoms with Gasteiger partial charge in [0.05, 0.1) is 17.4 Å². The van der Waals surface area contributed by atoms with Crippen LogP contribution in [0.25, 0.3) is 11.0 Å². The van der Waals surface area contributed by atoms with Gasteiger partial charge in [-0.25, -0.2) is 4.98 Å². The van der Waals surface area contributed by atoms with Crippen LogP contribution in [0, 0.1) is 5.92 Å². The van der Waals surface area contributed by atoms with Gasteiger partial charge in [-0.2, -0.15) is 0 Å². The van der Waals surface area contributed by atoms with Crippen LogP contribution in [0.15, 0.2) is 24.5 Å². The van der Waals surface area contributed by atoms with Crippen molar-refractivity contribution in [3.05, 3.63) is 30.1 Å². The summed E-state index contributed by atoms with van der Waals surface area (Å²) in [6, 6.07) is 5.32. The summed E-state index contributed by atoms with van der Waals surface area (Å²) in [6.45, 7) is 4.22. The quantitative estimate of drug-likeness (QED) is 0.905. The van der Waals surface area contributed by atoms with Crippen molar-refractivity contribution in [3.63, 3.8) is 0 Å². The van der Waals surface area contributed by atoms with Crippen LogP contribution in [0.2, 0.25) is 0 Å². The smallest absolute Gasteiger partial charge is 0.251 e. The highest BCUT2D eigenvalue weighted by Crippen LogP contribution is 2.16. The van der Waals surface area contributed by atoms with Gasteiger partial charge in [0.2, 0.25) is 5.91 Å². The topological polar surface area (TPSA) is 78.1 Å². The van der Waals surface area contributed by atoms with Gasteiger partial charge >= 0.3 is 0 Å². The summed E-state index contributed by atoms with van der Waals surface area (Å²) < 4.78 is 0. The number of rotatable bonds is 4. The minimum absolute atomic E-state index is 0.126. The number of hydrogen-bond donors (Lipinski definition) is 2. The Kier molecular flexibility index (Phi) is 4.60. The van der Waals surface area contributed by atoms with E-state index in [1.165, 1.54) is 6.42 Å². The largest absolute Gasteiger partial charge is 0.352 e. The Morgan fingerprint density at radius 2 is 2.30 bits per heavy atom. The van der Waals surface area contributed by atoms with Gasteiger partial charge in [-0.3, -0.25) is 9.59 Å². The number of aromatic nitrogens is 2. The number of carbonyl (C=O) groups is 2. The standard InChI is InChI=1S/C17H22N4O2/c1-12-3-2-8-21(10-12)16(22)6-7-18-17(23)13-4-5-14-15(9-13)20-11-19-14/h4-5,9,11-12H,2-3,6-8,10H2,1H3,(H,18,23)(H,19,20). The van der Waals surface area contributed by atoms with Crippen LogP contribution in [0.4, 0.5) is 0 Å². The monoisotopic (exact) mass is 314 g/mol. The van der Waals surface area contributed by atoms with Crippen molar-refractivity contribution >= 4 is 22.8 Å². The van der Waals surface area contributed by atoms with E-state index >= 15 is 0 Å². The maximum Gasteiger partial charge on any atom is 0.251 e. The molecule has 0 radical (unpaired) electrons. The Morgan fingerprint density at radius 3 is 3.13 bits per heavy atom. The normalized spacial score (nSPS) is 18.1. The van der Waals surface area contributed by atoms with Crippen molar-refractivity contribution in [3.8, 4) is 0 Å². The number of H-pyrrole nitrogens is 1. The van der Waals surface area contributed by atoms with E-state index < -0.39 is 0 Å². The van der Waals surface area contributed by atoms with Gasteiger partial charge in [0, 0.05) is 31.6 Å². The van der Waals surface area contributed by atoms with E-state index in [1.54, 1.807) is 24.5 Å². The number of likely N-dealkylation sites (tertiary alicyclic amines) is 1. The Morgan fingerprint density at radius 1 is 1.43 bits per heavy atom. The molecule has 1 unspecified atom stereocenters. The highest BCUT2D eigenvalue weighted by atomic mass is 16.2. The SMILES string of the molecule is CC1CCCN(C(=O)CCNC(=O)c2ccc3nc[nH]c3c2)C1. The molecule has 6 heteroatoms. The van der Waals surface area contributed by atoms with Crippen molar-refractivity contribution in [2.45, 2.75) is 26.2 Å². The number of fused-ring (bicyclic) bond motifs is 1. The molecular formula is C17H22N4O2. The summed E-state index contributed by atoms with van der Waals surface area (Å²) in [6.07, 6.45) is 4.22. The zero-order chi connectivity index (χ0) is 16.2. The highest BCUT2D eigenvalue weighted by molar-refractivity contribution is 5.97. The van der Waals surface area contributed by atoms with Gasteiger partial charge in [0.25, 0.3) is 5.91 Å². The predicted molar refractivity (Wildman–Crippen MR) is 88.0 cm³/mol. The molecule has 1 aliphatic rings. The fourth-order valence-corrected chi connectivity index (χ4v) is 3.04. The molecule has 2 N–H and O–H groups in total. The summed E-state index contributed by atoms with van der Waals surface area (Å²) in [4.78, 5) is 33.3. The Hall–Kier alpha value is -2.37. The van der Waals surface area contributed by atoms with Crippen LogP contribution in [-0.2, 0) is 4.79 Å². The lowest BCUT2D eigenvalue weighted by Crippen LogP contribution is -2.40. The molecule has 1 fully saturated rings. The second-order valence-corrected chi connectivity index (χ2v) is 6.23. The lowest BCUT2D eigenvalue weighted by Gasteiger charge is -2.31. The summed E-state index contributed by atoms with van der Waals surface area (Å²) in [7, 11) is 0. The first kappa shape index (κ1) is 15.5. The fraction of sp³-hybridized carbons (Fsp3) is 0.471. The van der Waals surface area contributed by atoms with E-state index in [0.717, 1.165) is 30.5 Å². The van der Waals surface area contributed by atoms with Crippen molar-refractivity contribution in [2.75, 3.05) is 19.6 Å². The Bertz CT molecular complexity index is 709. The molecule has 1 atom stereocenters. The molecule has 3 rings (SSSR count). The number of imidazole rings is 1. The van der Waals surface area contributed by atoms with Gasteiger partial charge in [-0.1, -0.05) is 6.92 Å². The molecule has 0 spiro atoms. The maximum absolute atomic E-state index is 12.2. The van der Waals surface area contributed by atoms with Crippen LogP contribution < -0.4 is 5.32 Å². The minimum Gasteiger partial charge on any atom is -0.352 e. The first-order valence-corrected chi connectivity index (χ1v) is 8.12. The summed E-state index contributed by atoms with van der Waals surface area (Å²) in [5, 5.41) is 2.82. The minimum atomic E-state index is -0.165. The third-order valence-corrected chi connectivity index (χ3v) is 4.32. The van der Waals surface area contributed by atoms with Crippen molar-refractivity contribution in [2.24, 2.45) is 5.92 Å².